The molecule has 1 aromatic carbocycles. The number of amides is 1. The summed E-state index contributed by atoms with van der Waals surface area (Å²) in [5.74, 6) is -3.70. The molecule has 1 rings (SSSR count). The van der Waals surface area contributed by atoms with Gasteiger partial charge in [0.15, 0.2) is 11.6 Å². The Kier molecular flexibility index (Phi) is 4.98. The molecule has 0 bridgehead atoms. The fourth-order valence-corrected chi connectivity index (χ4v) is 1.25. The fourth-order valence-electron chi connectivity index (χ4n) is 1.25. The quantitative estimate of drug-likeness (QED) is 0.778. The summed E-state index contributed by atoms with van der Waals surface area (Å²) >= 11 is 0. The Balaban J connectivity index is 2.50. The summed E-state index contributed by atoms with van der Waals surface area (Å²) in [5.41, 5.74) is -0.0466. The molecule has 0 aliphatic heterocycles. The molecule has 0 unspecified atom stereocenters. The Morgan fingerprint density at radius 1 is 1.33 bits per heavy atom. The summed E-state index contributed by atoms with van der Waals surface area (Å²) < 4.78 is 26.1. The lowest BCUT2D eigenvalue weighted by atomic mass is 10.1. The Labute approximate surface area is 102 Å². The molecule has 0 aliphatic carbocycles. The van der Waals surface area contributed by atoms with Crippen LogP contribution in [0.4, 0.5) is 8.78 Å². The molecule has 2 N–H and O–H groups in total. The van der Waals surface area contributed by atoms with Gasteiger partial charge in [-0.3, -0.25) is 4.79 Å². The standard InChI is InChI=1S/C12H11F2NO3/c13-9-4-1-3-8(12(9)14)7-10(16)15-6-2-5-11(17)18/h1-5H,6-7H2,(H,15,16)(H,17,18)/b5-2+. The van der Waals surface area contributed by atoms with E-state index in [9.17, 15) is 18.4 Å². The van der Waals surface area contributed by atoms with Crippen molar-refractivity contribution in [3.05, 3.63) is 47.5 Å². The van der Waals surface area contributed by atoms with Gasteiger partial charge in [0.1, 0.15) is 0 Å². The van der Waals surface area contributed by atoms with Gasteiger partial charge in [0.2, 0.25) is 5.91 Å². The highest BCUT2D eigenvalue weighted by Crippen LogP contribution is 2.11. The number of carboxylic acids is 1. The summed E-state index contributed by atoms with van der Waals surface area (Å²) in [4.78, 5) is 21.5. The molecule has 0 saturated heterocycles. The highest BCUT2D eigenvalue weighted by atomic mass is 19.2. The average molecular weight is 255 g/mol. The van der Waals surface area contributed by atoms with Crippen molar-refractivity contribution in [1.29, 1.82) is 0 Å². The normalized spacial score (nSPS) is 10.6. The van der Waals surface area contributed by atoms with E-state index in [1.54, 1.807) is 0 Å². The molecule has 96 valence electrons. The van der Waals surface area contributed by atoms with E-state index in [0.29, 0.717) is 0 Å². The third-order valence-corrected chi connectivity index (χ3v) is 2.06. The van der Waals surface area contributed by atoms with Crippen LogP contribution in [0.2, 0.25) is 0 Å². The van der Waals surface area contributed by atoms with Crippen LogP contribution in [-0.4, -0.2) is 23.5 Å². The van der Waals surface area contributed by atoms with Gasteiger partial charge in [-0.15, -0.1) is 0 Å². The third-order valence-electron chi connectivity index (χ3n) is 2.06. The fraction of sp³-hybridized carbons (Fsp3) is 0.167. The SMILES string of the molecule is O=C(O)/C=C/CNC(=O)Cc1cccc(F)c1F. The van der Waals surface area contributed by atoms with E-state index in [1.807, 2.05) is 0 Å². The molecule has 18 heavy (non-hydrogen) atoms. The van der Waals surface area contributed by atoms with E-state index >= 15 is 0 Å². The van der Waals surface area contributed by atoms with Gasteiger partial charge in [0.25, 0.3) is 0 Å². The summed E-state index contributed by atoms with van der Waals surface area (Å²) in [5, 5.41) is 10.6. The molecule has 0 aromatic heterocycles. The second-order valence-corrected chi connectivity index (χ2v) is 3.43. The van der Waals surface area contributed by atoms with E-state index in [1.165, 1.54) is 18.2 Å². The predicted molar refractivity (Wildman–Crippen MR) is 59.8 cm³/mol. The molecular formula is C12H11F2NO3. The highest BCUT2D eigenvalue weighted by Gasteiger charge is 2.10. The molecule has 0 aliphatic rings. The lowest BCUT2D eigenvalue weighted by molar-refractivity contribution is -0.131. The largest absolute Gasteiger partial charge is 0.478 e. The first kappa shape index (κ1) is 13.8. The Hall–Kier alpha value is -2.24. The van der Waals surface area contributed by atoms with Gasteiger partial charge in [-0.05, 0) is 6.07 Å². The topological polar surface area (TPSA) is 66.4 Å². The van der Waals surface area contributed by atoms with Crippen LogP contribution in [0.3, 0.4) is 0 Å². The maximum atomic E-state index is 13.2. The molecule has 0 atom stereocenters. The molecule has 0 fully saturated rings. The number of hydrogen-bond donors (Lipinski definition) is 2. The molecule has 6 heteroatoms. The van der Waals surface area contributed by atoms with Gasteiger partial charge in [0, 0.05) is 18.2 Å². The van der Waals surface area contributed by atoms with Gasteiger partial charge in [-0.25, -0.2) is 13.6 Å². The van der Waals surface area contributed by atoms with Crippen LogP contribution in [0, 0.1) is 11.6 Å². The first-order chi connectivity index (χ1) is 8.50. The van der Waals surface area contributed by atoms with Crippen molar-refractivity contribution in [2.45, 2.75) is 6.42 Å². The van der Waals surface area contributed by atoms with Gasteiger partial charge in [0.05, 0.1) is 6.42 Å². The molecule has 1 aromatic rings. The Morgan fingerprint density at radius 3 is 2.72 bits per heavy atom. The summed E-state index contributed by atoms with van der Waals surface area (Å²) in [6, 6.07) is 3.59. The van der Waals surface area contributed by atoms with Crippen LogP contribution in [0.25, 0.3) is 0 Å². The van der Waals surface area contributed by atoms with Crippen LogP contribution in [-0.2, 0) is 16.0 Å². The van der Waals surface area contributed by atoms with E-state index in [4.69, 9.17) is 5.11 Å². The highest BCUT2D eigenvalue weighted by molar-refractivity contribution is 5.80. The molecular weight excluding hydrogens is 244 g/mol. The van der Waals surface area contributed by atoms with E-state index in [-0.39, 0.29) is 18.5 Å². The second-order valence-electron chi connectivity index (χ2n) is 3.43. The van der Waals surface area contributed by atoms with Crippen LogP contribution in [0.1, 0.15) is 5.56 Å². The zero-order valence-corrected chi connectivity index (χ0v) is 9.32. The Morgan fingerprint density at radius 2 is 2.06 bits per heavy atom. The first-order valence-electron chi connectivity index (χ1n) is 5.09. The van der Waals surface area contributed by atoms with Gasteiger partial charge >= 0.3 is 5.97 Å². The van der Waals surface area contributed by atoms with Crippen molar-refractivity contribution < 1.29 is 23.5 Å². The van der Waals surface area contributed by atoms with Crippen molar-refractivity contribution >= 4 is 11.9 Å². The number of halogens is 2. The van der Waals surface area contributed by atoms with Crippen molar-refractivity contribution in [3.8, 4) is 0 Å². The number of carboxylic acid groups (broad SMARTS) is 1. The zero-order chi connectivity index (χ0) is 13.5. The number of aliphatic carboxylic acids is 1. The number of hydrogen-bond acceptors (Lipinski definition) is 2. The molecule has 0 radical (unpaired) electrons. The number of nitrogens with one attached hydrogen (secondary N) is 1. The summed E-state index contributed by atoms with van der Waals surface area (Å²) in [6.07, 6.45) is 1.82. The van der Waals surface area contributed by atoms with Crippen LogP contribution in [0.15, 0.2) is 30.4 Å². The number of carbonyl (C=O) groups excluding carboxylic acids is 1. The monoisotopic (exact) mass is 255 g/mol. The maximum Gasteiger partial charge on any atom is 0.328 e. The Bertz CT molecular complexity index is 486. The molecule has 0 saturated carbocycles. The van der Waals surface area contributed by atoms with E-state index < -0.39 is 23.5 Å². The molecule has 4 nitrogen and oxygen atoms in total. The second kappa shape index (κ2) is 6.48. The maximum absolute atomic E-state index is 13.2. The lowest BCUT2D eigenvalue weighted by Crippen LogP contribution is -2.25. The minimum Gasteiger partial charge on any atom is -0.478 e. The summed E-state index contributed by atoms with van der Waals surface area (Å²) in [7, 11) is 0. The number of benzene rings is 1. The molecule has 0 heterocycles. The van der Waals surface area contributed by atoms with Gasteiger partial charge in [-0.2, -0.15) is 0 Å². The lowest BCUT2D eigenvalue weighted by Gasteiger charge is -2.04. The first-order valence-corrected chi connectivity index (χ1v) is 5.09. The van der Waals surface area contributed by atoms with Crippen LogP contribution >= 0.6 is 0 Å². The van der Waals surface area contributed by atoms with Crippen LogP contribution in [0.5, 0.6) is 0 Å². The zero-order valence-electron chi connectivity index (χ0n) is 9.32. The van der Waals surface area contributed by atoms with Gasteiger partial charge < -0.3 is 10.4 Å². The third kappa shape index (κ3) is 4.32. The van der Waals surface area contributed by atoms with Crippen molar-refractivity contribution in [2.24, 2.45) is 0 Å². The molecule has 0 spiro atoms. The smallest absolute Gasteiger partial charge is 0.328 e. The van der Waals surface area contributed by atoms with E-state index in [2.05, 4.69) is 5.32 Å². The minimum atomic E-state index is -1.12. The molecule has 1 amide bonds. The minimum absolute atomic E-state index is 0.0159. The summed E-state index contributed by atoms with van der Waals surface area (Å²) in [6.45, 7) is 0.0159. The van der Waals surface area contributed by atoms with Crippen molar-refractivity contribution in [3.63, 3.8) is 0 Å². The van der Waals surface area contributed by atoms with Gasteiger partial charge in [-0.1, -0.05) is 18.2 Å². The van der Waals surface area contributed by atoms with E-state index in [0.717, 1.165) is 12.1 Å². The van der Waals surface area contributed by atoms with Crippen molar-refractivity contribution in [1.82, 2.24) is 5.32 Å². The number of rotatable bonds is 5. The predicted octanol–water partition coefficient (Wildman–Crippen LogP) is 1.26. The number of carbonyl (C=O) groups is 2. The van der Waals surface area contributed by atoms with Crippen LogP contribution < -0.4 is 5.32 Å². The average Bonchev–Trinajstić information content (AvgIpc) is 2.30. The van der Waals surface area contributed by atoms with Crippen molar-refractivity contribution in [2.75, 3.05) is 6.54 Å².